The highest BCUT2D eigenvalue weighted by Crippen LogP contribution is 2.33. The molecular formula is C14H11ClFNS2. The van der Waals surface area contributed by atoms with E-state index in [2.05, 4.69) is 17.5 Å². The average Bonchev–Trinajstić information content (AvgIpc) is 2.94. The fourth-order valence-corrected chi connectivity index (χ4v) is 4.31. The lowest BCUT2D eigenvalue weighted by Gasteiger charge is -2.10. The molecule has 5 heteroatoms. The summed E-state index contributed by atoms with van der Waals surface area (Å²) in [7, 11) is 0. The van der Waals surface area contributed by atoms with Crippen LogP contribution in [0, 0.1) is 5.82 Å². The van der Waals surface area contributed by atoms with E-state index in [4.69, 9.17) is 17.3 Å². The maximum atomic E-state index is 13.1. The predicted molar refractivity (Wildman–Crippen MR) is 81.7 cm³/mol. The standard InChI is InChI=1S/C14H11ClFNS2/c15-9-5-8(1-2-10(9)16)6-11(17)13-7-14-12(19-13)3-4-18-14/h1-5,7,11H,6,17H2. The number of fused-ring (bicyclic) bond motifs is 1. The van der Waals surface area contributed by atoms with Crippen LogP contribution < -0.4 is 5.73 Å². The number of rotatable bonds is 3. The van der Waals surface area contributed by atoms with E-state index in [1.165, 1.54) is 15.5 Å². The van der Waals surface area contributed by atoms with Crippen molar-refractivity contribution in [2.45, 2.75) is 12.5 Å². The molecule has 0 fully saturated rings. The van der Waals surface area contributed by atoms with Gasteiger partial charge >= 0.3 is 0 Å². The molecule has 19 heavy (non-hydrogen) atoms. The zero-order valence-corrected chi connectivity index (χ0v) is 12.3. The van der Waals surface area contributed by atoms with Crippen molar-refractivity contribution in [3.8, 4) is 0 Å². The molecule has 98 valence electrons. The minimum Gasteiger partial charge on any atom is -0.323 e. The first kappa shape index (κ1) is 13.1. The number of nitrogens with two attached hydrogens (primary N) is 1. The van der Waals surface area contributed by atoms with Crippen molar-refractivity contribution in [3.05, 3.63) is 57.0 Å². The van der Waals surface area contributed by atoms with Gasteiger partial charge in [-0.3, -0.25) is 0 Å². The maximum Gasteiger partial charge on any atom is 0.141 e. The Kier molecular flexibility index (Phi) is 3.58. The van der Waals surface area contributed by atoms with Crippen LogP contribution in [0.3, 0.4) is 0 Å². The summed E-state index contributed by atoms with van der Waals surface area (Å²) in [5.74, 6) is -0.393. The molecule has 3 rings (SSSR count). The van der Waals surface area contributed by atoms with Crippen LogP contribution in [0.2, 0.25) is 5.02 Å². The van der Waals surface area contributed by atoms with Crippen LogP contribution in [0.1, 0.15) is 16.5 Å². The third-order valence-electron chi connectivity index (χ3n) is 2.96. The van der Waals surface area contributed by atoms with Gasteiger partial charge in [-0.25, -0.2) is 4.39 Å². The molecule has 1 atom stereocenters. The highest BCUT2D eigenvalue weighted by Gasteiger charge is 2.12. The van der Waals surface area contributed by atoms with Gasteiger partial charge in [0.05, 0.1) is 5.02 Å². The molecule has 2 N–H and O–H groups in total. The molecule has 1 unspecified atom stereocenters. The van der Waals surface area contributed by atoms with Crippen molar-refractivity contribution in [1.82, 2.24) is 0 Å². The van der Waals surface area contributed by atoms with Gasteiger partial charge in [0, 0.05) is 20.3 Å². The van der Waals surface area contributed by atoms with Gasteiger partial charge in [0.2, 0.25) is 0 Å². The van der Waals surface area contributed by atoms with Crippen molar-refractivity contribution in [1.29, 1.82) is 0 Å². The number of thiophene rings is 2. The van der Waals surface area contributed by atoms with Crippen LogP contribution in [0.15, 0.2) is 35.7 Å². The second-order valence-corrected chi connectivity index (χ2v) is 6.83. The lowest BCUT2D eigenvalue weighted by molar-refractivity contribution is 0.626. The largest absolute Gasteiger partial charge is 0.323 e. The molecule has 0 amide bonds. The molecule has 3 aromatic rings. The monoisotopic (exact) mass is 311 g/mol. The second kappa shape index (κ2) is 5.21. The van der Waals surface area contributed by atoms with Gasteiger partial charge in [0.1, 0.15) is 5.82 Å². The fraction of sp³-hybridized carbons (Fsp3) is 0.143. The summed E-state index contributed by atoms with van der Waals surface area (Å²) >= 11 is 9.22. The van der Waals surface area contributed by atoms with Gasteiger partial charge in [-0.2, -0.15) is 0 Å². The number of halogens is 2. The lowest BCUT2D eigenvalue weighted by atomic mass is 10.1. The number of benzene rings is 1. The Morgan fingerprint density at radius 2 is 2.05 bits per heavy atom. The van der Waals surface area contributed by atoms with E-state index in [0.717, 1.165) is 10.4 Å². The first-order valence-corrected chi connectivity index (χ1v) is 7.87. The lowest BCUT2D eigenvalue weighted by Crippen LogP contribution is -2.11. The number of hydrogen-bond donors (Lipinski definition) is 1. The highest BCUT2D eigenvalue weighted by molar-refractivity contribution is 7.26. The summed E-state index contributed by atoms with van der Waals surface area (Å²) in [6.07, 6.45) is 0.660. The van der Waals surface area contributed by atoms with Gasteiger partial charge in [-0.1, -0.05) is 17.7 Å². The molecule has 0 aliphatic rings. The SMILES string of the molecule is NC(Cc1ccc(F)c(Cl)c1)c1cc2sccc2s1. The summed E-state index contributed by atoms with van der Waals surface area (Å²) in [6.45, 7) is 0. The summed E-state index contributed by atoms with van der Waals surface area (Å²) in [5, 5.41) is 2.23. The van der Waals surface area contributed by atoms with Crippen molar-refractivity contribution in [2.75, 3.05) is 0 Å². The smallest absolute Gasteiger partial charge is 0.141 e. The van der Waals surface area contributed by atoms with Crippen LogP contribution in [0.25, 0.3) is 9.40 Å². The molecule has 0 bridgehead atoms. The van der Waals surface area contributed by atoms with Gasteiger partial charge in [0.25, 0.3) is 0 Å². The van der Waals surface area contributed by atoms with Crippen LogP contribution in [-0.4, -0.2) is 0 Å². The van der Waals surface area contributed by atoms with Crippen LogP contribution in [0.4, 0.5) is 4.39 Å². The molecule has 0 spiro atoms. The Labute approximate surface area is 123 Å². The normalized spacial score (nSPS) is 13.0. The molecule has 2 aromatic heterocycles. The van der Waals surface area contributed by atoms with Crippen LogP contribution >= 0.6 is 34.3 Å². The van der Waals surface area contributed by atoms with E-state index in [1.54, 1.807) is 34.8 Å². The molecule has 0 saturated heterocycles. The molecule has 2 heterocycles. The van der Waals surface area contributed by atoms with Crippen molar-refractivity contribution < 1.29 is 4.39 Å². The van der Waals surface area contributed by atoms with Crippen LogP contribution in [0.5, 0.6) is 0 Å². The van der Waals surface area contributed by atoms with Gasteiger partial charge in [-0.15, -0.1) is 22.7 Å². The molecule has 0 aliphatic heterocycles. The summed E-state index contributed by atoms with van der Waals surface area (Å²) in [4.78, 5) is 1.15. The van der Waals surface area contributed by atoms with Crippen molar-refractivity contribution in [2.24, 2.45) is 5.73 Å². The van der Waals surface area contributed by atoms with E-state index in [1.807, 2.05) is 0 Å². The summed E-state index contributed by atoms with van der Waals surface area (Å²) < 4.78 is 15.6. The first-order valence-electron chi connectivity index (χ1n) is 5.80. The second-order valence-electron chi connectivity index (χ2n) is 4.36. The van der Waals surface area contributed by atoms with Crippen molar-refractivity contribution in [3.63, 3.8) is 0 Å². The van der Waals surface area contributed by atoms with E-state index < -0.39 is 5.82 Å². The Bertz CT molecular complexity index is 691. The molecule has 0 saturated carbocycles. The molecule has 0 radical (unpaired) electrons. The average molecular weight is 312 g/mol. The van der Waals surface area contributed by atoms with E-state index >= 15 is 0 Å². The molecular weight excluding hydrogens is 301 g/mol. The van der Waals surface area contributed by atoms with Gasteiger partial charge < -0.3 is 5.73 Å². The van der Waals surface area contributed by atoms with E-state index in [0.29, 0.717) is 6.42 Å². The molecule has 1 aromatic carbocycles. The van der Waals surface area contributed by atoms with Crippen LogP contribution in [-0.2, 0) is 6.42 Å². The summed E-state index contributed by atoms with van der Waals surface area (Å²) in [5.41, 5.74) is 7.17. The third-order valence-corrected chi connectivity index (χ3v) is 5.48. The Morgan fingerprint density at radius 3 is 2.79 bits per heavy atom. The zero-order chi connectivity index (χ0) is 13.4. The fourth-order valence-electron chi connectivity index (χ4n) is 1.99. The van der Waals surface area contributed by atoms with Crippen molar-refractivity contribution >= 4 is 43.7 Å². The molecule has 0 aliphatic carbocycles. The third kappa shape index (κ3) is 2.67. The van der Waals surface area contributed by atoms with E-state index in [9.17, 15) is 4.39 Å². The Hall–Kier alpha value is -0.940. The van der Waals surface area contributed by atoms with Gasteiger partial charge in [0.15, 0.2) is 0 Å². The quantitative estimate of drug-likeness (QED) is 0.724. The molecule has 1 nitrogen and oxygen atoms in total. The number of hydrogen-bond acceptors (Lipinski definition) is 3. The first-order chi connectivity index (χ1) is 9.13. The maximum absolute atomic E-state index is 13.1. The van der Waals surface area contributed by atoms with Gasteiger partial charge in [-0.05, 0) is 41.6 Å². The topological polar surface area (TPSA) is 26.0 Å². The van der Waals surface area contributed by atoms with E-state index in [-0.39, 0.29) is 11.1 Å². The minimum atomic E-state index is -0.393. The highest BCUT2D eigenvalue weighted by atomic mass is 35.5. The Morgan fingerprint density at radius 1 is 1.21 bits per heavy atom. The summed E-state index contributed by atoms with van der Waals surface area (Å²) in [6, 6.07) is 8.93. The minimum absolute atomic E-state index is 0.0777. The zero-order valence-electron chi connectivity index (χ0n) is 9.90. The predicted octanol–water partition coefficient (Wildman–Crippen LogP) is 5.00. The Balaban J connectivity index is 1.82.